The maximum absolute atomic E-state index is 12.1. The number of phosphoric acid groups is 2. The molecule has 1 aromatic rings. The van der Waals surface area contributed by atoms with Crippen LogP contribution in [0.3, 0.4) is 0 Å². The standard InChI is InChI=1S/C10H16O7P2/c1-2-3-9-15-19(14,17-18(11,12)13)16-10-7-5-4-6-8-10/h4-8H,2-3,9H2,1H3,(H2,11,12,13). The minimum absolute atomic E-state index is 0.0145. The summed E-state index contributed by atoms with van der Waals surface area (Å²) in [5.41, 5.74) is 0. The molecule has 0 heterocycles. The molecular formula is C10H16O7P2. The summed E-state index contributed by atoms with van der Waals surface area (Å²) in [7, 11) is -9.34. The highest BCUT2D eigenvalue weighted by Gasteiger charge is 2.37. The molecule has 1 aromatic carbocycles. The Labute approximate surface area is 111 Å². The van der Waals surface area contributed by atoms with Gasteiger partial charge in [-0.25, -0.2) is 9.13 Å². The largest absolute Gasteiger partial charge is 0.539 e. The fourth-order valence-corrected chi connectivity index (χ4v) is 3.28. The molecule has 0 aliphatic rings. The van der Waals surface area contributed by atoms with Crippen LogP contribution in [0.1, 0.15) is 19.8 Å². The van der Waals surface area contributed by atoms with Gasteiger partial charge in [0.2, 0.25) is 0 Å². The molecule has 0 aromatic heterocycles. The van der Waals surface area contributed by atoms with Crippen molar-refractivity contribution in [3.8, 4) is 5.75 Å². The predicted octanol–water partition coefficient (Wildman–Crippen LogP) is 3.10. The Bertz CT molecular complexity index is 470. The van der Waals surface area contributed by atoms with Crippen LogP contribution in [-0.4, -0.2) is 16.4 Å². The summed E-state index contributed by atoms with van der Waals surface area (Å²) in [6, 6.07) is 7.88. The van der Waals surface area contributed by atoms with Crippen molar-refractivity contribution in [3.63, 3.8) is 0 Å². The average Bonchev–Trinajstić information content (AvgIpc) is 2.27. The number of phosphoric ester groups is 1. The van der Waals surface area contributed by atoms with Crippen molar-refractivity contribution < 1.29 is 32.3 Å². The lowest BCUT2D eigenvalue weighted by molar-refractivity contribution is 0.182. The van der Waals surface area contributed by atoms with Gasteiger partial charge in [-0.05, 0) is 18.6 Å². The highest BCUT2D eigenvalue weighted by Crippen LogP contribution is 2.60. The second-order valence-electron chi connectivity index (χ2n) is 3.61. The van der Waals surface area contributed by atoms with E-state index in [4.69, 9.17) is 18.8 Å². The summed E-state index contributed by atoms with van der Waals surface area (Å²) in [5, 5.41) is 0. The van der Waals surface area contributed by atoms with Crippen molar-refractivity contribution in [2.24, 2.45) is 0 Å². The molecule has 0 saturated carbocycles. The van der Waals surface area contributed by atoms with E-state index in [0.29, 0.717) is 6.42 Å². The molecular weight excluding hydrogens is 294 g/mol. The second kappa shape index (κ2) is 7.20. The molecule has 108 valence electrons. The van der Waals surface area contributed by atoms with Gasteiger partial charge in [-0.1, -0.05) is 31.5 Å². The summed E-state index contributed by atoms with van der Waals surface area (Å²) in [5.74, 6) is 0.135. The lowest BCUT2D eigenvalue weighted by Crippen LogP contribution is -2.02. The Morgan fingerprint density at radius 2 is 1.79 bits per heavy atom. The van der Waals surface area contributed by atoms with E-state index in [1.807, 2.05) is 6.92 Å². The summed E-state index contributed by atoms with van der Waals surface area (Å²) in [6.45, 7) is 1.90. The van der Waals surface area contributed by atoms with E-state index < -0.39 is 15.6 Å². The van der Waals surface area contributed by atoms with Crippen LogP contribution < -0.4 is 4.52 Å². The number of benzene rings is 1. The predicted molar refractivity (Wildman–Crippen MR) is 68.7 cm³/mol. The van der Waals surface area contributed by atoms with Gasteiger partial charge in [0.05, 0.1) is 6.61 Å². The van der Waals surface area contributed by atoms with Crippen molar-refractivity contribution >= 4 is 15.6 Å². The van der Waals surface area contributed by atoms with E-state index in [-0.39, 0.29) is 12.4 Å². The van der Waals surface area contributed by atoms with E-state index in [0.717, 1.165) is 6.42 Å². The number of para-hydroxylation sites is 1. The number of hydrogen-bond donors (Lipinski definition) is 2. The molecule has 0 saturated heterocycles. The van der Waals surface area contributed by atoms with Crippen molar-refractivity contribution in [2.75, 3.05) is 6.61 Å². The fraction of sp³-hybridized carbons (Fsp3) is 0.400. The Balaban J connectivity index is 2.79. The van der Waals surface area contributed by atoms with Gasteiger partial charge < -0.3 is 14.3 Å². The summed E-state index contributed by atoms with van der Waals surface area (Å²) in [4.78, 5) is 17.5. The Kier molecular flexibility index (Phi) is 6.20. The smallest absolute Gasteiger partial charge is 0.404 e. The van der Waals surface area contributed by atoms with Crippen LogP contribution >= 0.6 is 15.6 Å². The Morgan fingerprint density at radius 1 is 1.16 bits per heavy atom. The monoisotopic (exact) mass is 310 g/mol. The molecule has 0 aliphatic heterocycles. The quantitative estimate of drug-likeness (QED) is 0.561. The van der Waals surface area contributed by atoms with Crippen LogP contribution in [0.2, 0.25) is 0 Å². The van der Waals surface area contributed by atoms with E-state index in [1.165, 1.54) is 12.1 Å². The first-order valence-corrected chi connectivity index (χ1v) is 8.60. The summed E-state index contributed by atoms with van der Waals surface area (Å²) in [6.07, 6.45) is 1.33. The van der Waals surface area contributed by atoms with Crippen molar-refractivity contribution in [1.82, 2.24) is 0 Å². The molecule has 7 nitrogen and oxygen atoms in total. The maximum atomic E-state index is 12.1. The SMILES string of the molecule is CCCCOP(=O)(Oc1ccccc1)OP(=O)(O)O. The lowest BCUT2D eigenvalue weighted by Gasteiger charge is -2.18. The van der Waals surface area contributed by atoms with Gasteiger partial charge in [0.1, 0.15) is 5.75 Å². The molecule has 1 unspecified atom stereocenters. The van der Waals surface area contributed by atoms with Crippen LogP contribution in [-0.2, 0) is 18.0 Å². The molecule has 0 amide bonds. The minimum Gasteiger partial charge on any atom is -0.404 e. The van der Waals surface area contributed by atoms with E-state index in [9.17, 15) is 9.13 Å². The van der Waals surface area contributed by atoms with Gasteiger partial charge in [-0.3, -0.25) is 4.52 Å². The normalized spacial score (nSPS) is 14.9. The van der Waals surface area contributed by atoms with Crippen LogP contribution in [0.5, 0.6) is 5.75 Å². The zero-order valence-electron chi connectivity index (χ0n) is 10.3. The summed E-state index contributed by atoms with van der Waals surface area (Å²) < 4.78 is 36.9. The highest BCUT2D eigenvalue weighted by atomic mass is 31.3. The van der Waals surface area contributed by atoms with E-state index >= 15 is 0 Å². The number of hydrogen-bond acceptors (Lipinski definition) is 5. The van der Waals surface area contributed by atoms with E-state index in [2.05, 4.69) is 4.31 Å². The first-order chi connectivity index (χ1) is 8.85. The molecule has 2 N–H and O–H groups in total. The van der Waals surface area contributed by atoms with Gasteiger partial charge in [0.25, 0.3) is 0 Å². The molecule has 1 rings (SSSR count). The van der Waals surface area contributed by atoms with Gasteiger partial charge in [-0.15, -0.1) is 0 Å². The number of rotatable bonds is 8. The molecule has 0 bridgehead atoms. The molecule has 0 fully saturated rings. The third-order valence-electron chi connectivity index (χ3n) is 1.91. The Morgan fingerprint density at radius 3 is 2.32 bits per heavy atom. The third-order valence-corrected chi connectivity index (χ3v) is 4.50. The molecule has 1 atom stereocenters. The fourth-order valence-electron chi connectivity index (χ4n) is 1.13. The first kappa shape index (κ1) is 16.4. The van der Waals surface area contributed by atoms with Crippen LogP contribution in [0.25, 0.3) is 0 Å². The highest BCUT2D eigenvalue weighted by molar-refractivity contribution is 7.61. The lowest BCUT2D eigenvalue weighted by atomic mass is 10.3. The van der Waals surface area contributed by atoms with Crippen molar-refractivity contribution in [3.05, 3.63) is 30.3 Å². The molecule has 0 spiro atoms. The molecule has 0 aliphatic carbocycles. The third kappa shape index (κ3) is 6.87. The molecule has 9 heteroatoms. The molecule has 19 heavy (non-hydrogen) atoms. The van der Waals surface area contributed by atoms with Gasteiger partial charge >= 0.3 is 15.6 Å². The minimum atomic E-state index is -4.99. The van der Waals surface area contributed by atoms with Crippen LogP contribution in [0.4, 0.5) is 0 Å². The molecule has 0 radical (unpaired) electrons. The van der Waals surface area contributed by atoms with Gasteiger partial charge in [-0.2, -0.15) is 4.31 Å². The Hall–Kier alpha value is -0.680. The van der Waals surface area contributed by atoms with Gasteiger partial charge in [0, 0.05) is 0 Å². The number of unbranched alkanes of at least 4 members (excludes halogenated alkanes) is 1. The van der Waals surface area contributed by atoms with Crippen molar-refractivity contribution in [1.29, 1.82) is 0 Å². The first-order valence-electron chi connectivity index (χ1n) is 5.61. The topological polar surface area (TPSA) is 102 Å². The maximum Gasteiger partial charge on any atom is 0.539 e. The average molecular weight is 310 g/mol. The second-order valence-corrected chi connectivity index (χ2v) is 6.58. The summed E-state index contributed by atoms with van der Waals surface area (Å²) >= 11 is 0. The van der Waals surface area contributed by atoms with Crippen LogP contribution in [0, 0.1) is 0 Å². The van der Waals surface area contributed by atoms with Crippen molar-refractivity contribution in [2.45, 2.75) is 19.8 Å². The zero-order chi connectivity index (χ0) is 14.4. The van der Waals surface area contributed by atoms with E-state index in [1.54, 1.807) is 18.2 Å². The van der Waals surface area contributed by atoms with Gasteiger partial charge in [0.15, 0.2) is 0 Å². The zero-order valence-corrected chi connectivity index (χ0v) is 12.1. The van der Waals surface area contributed by atoms with Crippen LogP contribution in [0.15, 0.2) is 30.3 Å².